The highest BCUT2D eigenvalue weighted by Crippen LogP contribution is 2.24. The van der Waals surface area contributed by atoms with Crippen molar-refractivity contribution in [1.29, 1.82) is 0 Å². The van der Waals surface area contributed by atoms with Gasteiger partial charge >= 0.3 is 5.97 Å². The quantitative estimate of drug-likeness (QED) is 0.793. The highest BCUT2D eigenvalue weighted by Gasteiger charge is 2.24. The normalized spacial score (nSPS) is 12.6. The maximum absolute atomic E-state index is 11.3. The van der Waals surface area contributed by atoms with Crippen LogP contribution in [0, 0.1) is 0 Å². The largest absolute Gasteiger partial charge is 0.464 e. The van der Waals surface area contributed by atoms with Crippen molar-refractivity contribution in [3.05, 3.63) is 30.0 Å². The van der Waals surface area contributed by atoms with Gasteiger partial charge in [-0.15, -0.1) is 0 Å². The van der Waals surface area contributed by atoms with Gasteiger partial charge in [0.2, 0.25) is 0 Å². The Labute approximate surface area is 91.6 Å². The van der Waals surface area contributed by atoms with Crippen LogP contribution < -0.4 is 0 Å². The SMILES string of the molecule is CCOC(=O)C(O)c1noc2ccccc12. The van der Waals surface area contributed by atoms with Gasteiger partial charge in [0.1, 0.15) is 5.69 Å². The number of carbonyl (C=O) groups excluding carboxylic acids is 1. The zero-order chi connectivity index (χ0) is 11.5. The molecule has 84 valence electrons. The van der Waals surface area contributed by atoms with Gasteiger partial charge in [0, 0.05) is 5.39 Å². The van der Waals surface area contributed by atoms with E-state index in [0.717, 1.165) is 0 Å². The van der Waals surface area contributed by atoms with E-state index in [1.54, 1.807) is 31.2 Å². The average molecular weight is 221 g/mol. The molecule has 1 N–H and O–H groups in total. The van der Waals surface area contributed by atoms with Crippen molar-refractivity contribution < 1.29 is 19.2 Å². The first kappa shape index (κ1) is 10.6. The van der Waals surface area contributed by atoms with Crippen LogP contribution in [-0.2, 0) is 9.53 Å². The minimum atomic E-state index is -1.40. The van der Waals surface area contributed by atoms with Crippen LogP contribution in [0.5, 0.6) is 0 Å². The Hall–Kier alpha value is -1.88. The highest BCUT2D eigenvalue weighted by atomic mass is 16.5. The van der Waals surface area contributed by atoms with Crippen molar-refractivity contribution in [1.82, 2.24) is 5.16 Å². The van der Waals surface area contributed by atoms with Gasteiger partial charge in [-0.3, -0.25) is 0 Å². The number of para-hydroxylation sites is 1. The van der Waals surface area contributed by atoms with E-state index in [1.807, 2.05) is 0 Å². The van der Waals surface area contributed by atoms with Crippen molar-refractivity contribution in [2.75, 3.05) is 6.61 Å². The number of aliphatic hydroxyl groups excluding tert-OH is 1. The number of hydrogen-bond donors (Lipinski definition) is 1. The van der Waals surface area contributed by atoms with Crippen LogP contribution in [0.15, 0.2) is 28.8 Å². The smallest absolute Gasteiger partial charge is 0.341 e. The van der Waals surface area contributed by atoms with E-state index < -0.39 is 12.1 Å². The van der Waals surface area contributed by atoms with Gasteiger partial charge in [0.05, 0.1) is 6.61 Å². The Morgan fingerprint density at radius 1 is 1.56 bits per heavy atom. The van der Waals surface area contributed by atoms with E-state index in [0.29, 0.717) is 11.0 Å². The lowest BCUT2D eigenvalue weighted by Crippen LogP contribution is -2.15. The molecule has 1 unspecified atom stereocenters. The molecule has 1 heterocycles. The summed E-state index contributed by atoms with van der Waals surface area (Å²) in [5.41, 5.74) is 0.717. The third-order valence-electron chi connectivity index (χ3n) is 2.17. The number of esters is 1. The molecule has 1 atom stereocenters. The molecule has 1 aromatic heterocycles. The zero-order valence-electron chi connectivity index (χ0n) is 8.71. The summed E-state index contributed by atoms with van der Waals surface area (Å²) >= 11 is 0. The molecule has 0 aliphatic rings. The van der Waals surface area contributed by atoms with Gasteiger partial charge in [-0.1, -0.05) is 17.3 Å². The minimum absolute atomic E-state index is 0.189. The van der Waals surface area contributed by atoms with Gasteiger partial charge in [0.15, 0.2) is 11.7 Å². The lowest BCUT2D eigenvalue weighted by molar-refractivity contribution is -0.153. The molecular weight excluding hydrogens is 210 g/mol. The summed E-state index contributed by atoms with van der Waals surface area (Å²) in [4.78, 5) is 11.3. The maximum Gasteiger partial charge on any atom is 0.341 e. The number of rotatable bonds is 3. The second-order valence-corrected chi connectivity index (χ2v) is 3.22. The number of carbonyl (C=O) groups is 1. The fourth-order valence-electron chi connectivity index (χ4n) is 1.44. The number of fused-ring (bicyclic) bond motifs is 1. The summed E-state index contributed by atoms with van der Waals surface area (Å²) in [5, 5.41) is 14.0. The molecule has 0 amide bonds. The molecule has 0 aliphatic heterocycles. The van der Waals surface area contributed by atoms with Crippen molar-refractivity contribution in [3.63, 3.8) is 0 Å². The number of aliphatic hydroxyl groups is 1. The van der Waals surface area contributed by atoms with E-state index in [2.05, 4.69) is 5.16 Å². The number of hydrogen-bond acceptors (Lipinski definition) is 5. The predicted molar refractivity (Wildman–Crippen MR) is 55.6 cm³/mol. The van der Waals surface area contributed by atoms with Gasteiger partial charge in [-0.25, -0.2) is 4.79 Å². The molecule has 0 radical (unpaired) electrons. The van der Waals surface area contributed by atoms with Gasteiger partial charge in [0.25, 0.3) is 0 Å². The van der Waals surface area contributed by atoms with Crippen LogP contribution in [0.2, 0.25) is 0 Å². The van der Waals surface area contributed by atoms with Crippen LogP contribution in [0.3, 0.4) is 0 Å². The van der Waals surface area contributed by atoms with Gasteiger partial charge < -0.3 is 14.4 Å². The van der Waals surface area contributed by atoms with E-state index in [9.17, 15) is 9.90 Å². The van der Waals surface area contributed by atoms with E-state index in [-0.39, 0.29) is 12.3 Å². The summed E-state index contributed by atoms with van der Waals surface area (Å²) in [6.07, 6.45) is -1.40. The number of ether oxygens (including phenoxy) is 1. The van der Waals surface area contributed by atoms with Crippen molar-refractivity contribution in [2.45, 2.75) is 13.0 Å². The van der Waals surface area contributed by atoms with Crippen LogP contribution >= 0.6 is 0 Å². The number of benzene rings is 1. The standard InChI is InChI=1S/C11H11NO4/c1-2-15-11(14)10(13)9-7-5-3-4-6-8(7)16-12-9/h3-6,10,13H,2H2,1H3. The van der Waals surface area contributed by atoms with Crippen LogP contribution in [-0.4, -0.2) is 22.8 Å². The molecule has 2 rings (SSSR count). The molecule has 0 fully saturated rings. The van der Waals surface area contributed by atoms with E-state index in [4.69, 9.17) is 9.26 Å². The summed E-state index contributed by atoms with van der Waals surface area (Å²) in [6.45, 7) is 1.89. The Balaban J connectivity index is 2.36. The fraction of sp³-hybridized carbons (Fsp3) is 0.273. The molecule has 5 nitrogen and oxygen atoms in total. The average Bonchev–Trinajstić information content (AvgIpc) is 2.72. The molecule has 16 heavy (non-hydrogen) atoms. The highest BCUT2D eigenvalue weighted by molar-refractivity contribution is 5.86. The van der Waals surface area contributed by atoms with Crippen molar-refractivity contribution in [2.24, 2.45) is 0 Å². The lowest BCUT2D eigenvalue weighted by Gasteiger charge is -2.06. The Bertz CT molecular complexity index is 505. The van der Waals surface area contributed by atoms with Gasteiger partial charge in [-0.2, -0.15) is 0 Å². The lowest BCUT2D eigenvalue weighted by atomic mass is 10.1. The third-order valence-corrected chi connectivity index (χ3v) is 2.17. The van der Waals surface area contributed by atoms with E-state index >= 15 is 0 Å². The summed E-state index contributed by atoms with van der Waals surface area (Å²) in [7, 11) is 0. The first-order chi connectivity index (χ1) is 7.74. The predicted octanol–water partition coefficient (Wildman–Crippen LogP) is 1.42. The maximum atomic E-state index is 11.3. The van der Waals surface area contributed by atoms with Crippen LogP contribution in [0.25, 0.3) is 11.0 Å². The minimum Gasteiger partial charge on any atom is -0.464 e. The molecule has 2 aromatic rings. The number of aromatic nitrogens is 1. The topological polar surface area (TPSA) is 72.6 Å². The second-order valence-electron chi connectivity index (χ2n) is 3.22. The fourth-order valence-corrected chi connectivity index (χ4v) is 1.44. The Morgan fingerprint density at radius 2 is 2.31 bits per heavy atom. The molecular formula is C11H11NO4. The third kappa shape index (κ3) is 1.77. The van der Waals surface area contributed by atoms with Crippen LogP contribution in [0.1, 0.15) is 18.7 Å². The zero-order valence-corrected chi connectivity index (χ0v) is 8.71. The van der Waals surface area contributed by atoms with Gasteiger partial charge in [-0.05, 0) is 19.1 Å². The monoisotopic (exact) mass is 221 g/mol. The molecule has 0 saturated carbocycles. The first-order valence-electron chi connectivity index (χ1n) is 4.93. The molecule has 0 spiro atoms. The van der Waals surface area contributed by atoms with E-state index in [1.165, 1.54) is 0 Å². The second kappa shape index (κ2) is 4.32. The molecule has 5 heteroatoms. The number of nitrogens with zero attached hydrogens (tertiary/aromatic N) is 1. The molecule has 0 saturated heterocycles. The summed E-state index contributed by atoms with van der Waals surface area (Å²) in [6, 6.07) is 7.00. The molecule has 0 aliphatic carbocycles. The van der Waals surface area contributed by atoms with Crippen molar-refractivity contribution in [3.8, 4) is 0 Å². The molecule has 0 bridgehead atoms. The summed E-state index contributed by atoms with van der Waals surface area (Å²) in [5.74, 6) is -0.721. The van der Waals surface area contributed by atoms with Crippen molar-refractivity contribution >= 4 is 16.9 Å². The van der Waals surface area contributed by atoms with Crippen LogP contribution in [0.4, 0.5) is 0 Å². The Kier molecular flexibility index (Phi) is 2.87. The summed E-state index contributed by atoms with van der Waals surface area (Å²) < 4.78 is 9.69. The first-order valence-corrected chi connectivity index (χ1v) is 4.93. The Morgan fingerprint density at radius 3 is 3.06 bits per heavy atom. The molecule has 1 aromatic carbocycles.